The molecule has 0 aliphatic rings. The molecular weight excluding hydrogens is 170 g/mol. The minimum absolute atomic E-state index is 0.173. The van der Waals surface area contributed by atoms with E-state index < -0.39 is 0 Å². The second-order valence-electron chi connectivity index (χ2n) is 2.61. The van der Waals surface area contributed by atoms with Crippen LogP contribution in [0.15, 0.2) is 16.9 Å². The van der Waals surface area contributed by atoms with Crippen molar-refractivity contribution in [2.24, 2.45) is 7.05 Å². The lowest BCUT2D eigenvalue weighted by molar-refractivity contribution is 0.0963. The van der Waals surface area contributed by atoms with E-state index in [0.29, 0.717) is 5.56 Å². The number of carbonyl (C=O) groups excluding carboxylic acids is 1. The van der Waals surface area contributed by atoms with Crippen LogP contribution in [-0.4, -0.2) is 17.5 Å². The van der Waals surface area contributed by atoms with Crippen molar-refractivity contribution in [3.05, 3.63) is 28.0 Å². The number of nitrogen functional groups attached to an aromatic ring is 1. The number of nitrogens with one attached hydrogen (secondary N) is 1. The van der Waals surface area contributed by atoms with Crippen molar-refractivity contribution < 1.29 is 4.79 Å². The summed E-state index contributed by atoms with van der Waals surface area (Å²) in [6.07, 6.45) is 0. The molecule has 0 aliphatic heterocycles. The maximum atomic E-state index is 11.2. The minimum Gasteiger partial charge on any atom is -0.384 e. The van der Waals surface area contributed by atoms with Crippen LogP contribution in [0, 0.1) is 0 Å². The average molecular weight is 181 g/mol. The van der Waals surface area contributed by atoms with E-state index in [0.717, 1.165) is 0 Å². The molecular formula is C8H11N3O2. The zero-order chi connectivity index (χ0) is 10.0. The highest BCUT2D eigenvalue weighted by atomic mass is 16.1. The first kappa shape index (κ1) is 9.31. The molecule has 0 fully saturated rings. The van der Waals surface area contributed by atoms with Crippen molar-refractivity contribution in [3.8, 4) is 0 Å². The second-order valence-corrected chi connectivity index (χ2v) is 2.61. The number of carbonyl (C=O) groups is 1. The normalized spacial score (nSPS) is 9.69. The third-order valence-electron chi connectivity index (χ3n) is 1.83. The summed E-state index contributed by atoms with van der Waals surface area (Å²) in [4.78, 5) is 22.2. The summed E-state index contributed by atoms with van der Waals surface area (Å²) < 4.78 is 1.23. The number of anilines is 1. The van der Waals surface area contributed by atoms with Crippen molar-refractivity contribution in [3.63, 3.8) is 0 Å². The number of rotatable bonds is 1. The molecule has 13 heavy (non-hydrogen) atoms. The zero-order valence-corrected chi connectivity index (χ0v) is 7.50. The van der Waals surface area contributed by atoms with Gasteiger partial charge in [0.2, 0.25) is 0 Å². The van der Waals surface area contributed by atoms with Gasteiger partial charge in [0, 0.05) is 20.2 Å². The van der Waals surface area contributed by atoms with Crippen LogP contribution < -0.4 is 16.6 Å². The third-order valence-corrected chi connectivity index (χ3v) is 1.83. The van der Waals surface area contributed by atoms with E-state index in [-0.39, 0.29) is 17.3 Å². The molecule has 0 unspecified atom stereocenters. The topological polar surface area (TPSA) is 77.1 Å². The monoisotopic (exact) mass is 181 g/mol. The number of hydrogen-bond donors (Lipinski definition) is 2. The van der Waals surface area contributed by atoms with Crippen LogP contribution in [0.1, 0.15) is 10.4 Å². The molecule has 0 radical (unpaired) electrons. The Bertz CT molecular complexity index is 395. The fourth-order valence-corrected chi connectivity index (χ4v) is 0.978. The Balaban J connectivity index is 3.34. The highest BCUT2D eigenvalue weighted by Gasteiger charge is 2.09. The Hall–Kier alpha value is -1.78. The Morgan fingerprint density at radius 2 is 2.15 bits per heavy atom. The van der Waals surface area contributed by atoms with Crippen LogP contribution in [0.2, 0.25) is 0 Å². The summed E-state index contributed by atoms with van der Waals surface area (Å²) in [6.45, 7) is 0. The van der Waals surface area contributed by atoms with Gasteiger partial charge in [-0.1, -0.05) is 0 Å². The second kappa shape index (κ2) is 3.30. The van der Waals surface area contributed by atoms with Gasteiger partial charge in [0.1, 0.15) is 5.82 Å². The maximum absolute atomic E-state index is 11.2. The Labute approximate surface area is 75.2 Å². The van der Waals surface area contributed by atoms with Gasteiger partial charge in [-0.3, -0.25) is 14.2 Å². The van der Waals surface area contributed by atoms with Crippen LogP contribution in [0.4, 0.5) is 5.82 Å². The number of amides is 1. The number of aromatic nitrogens is 1. The first-order valence-electron chi connectivity index (χ1n) is 3.75. The molecule has 1 amide bonds. The van der Waals surface area contributed by atoms with Gasteiger partial charge in [-0.05, 0) is 6.07 Å². The lowest BCUT2D eigenvalue weighted by Gasteiger charge is -2.07. The molecule has 1 rings (SSSR count). The highest BCUT2D eigenvalue weighted by molar-refractivity contribution is 5.98. The summed E-state index contributed by atoms with van der Waals surface area (Å²) in [5, 5.41) is 2.43. The zero-order valence-electron chi connectivity index (χ0n) is 7.50. The first-order valence-corrected chi connectivity index (χ1v) is 3.75. The molecule has 5 heteroatoms. The largest absolute Gasteiger partial charge is 0.384 e. The van der Waals surface area contributed by atoms with E-state index in [4.69, 9.17) is 5.73 Å². The predicted octanol–water partition coefficient (Wildman–Crippen LogP) is -0.673. The van der Waals surface area contributed by atoms with Gasteiger partial charge in [-0.15, -0.1) is 0 Å². The molecule has 0 atom stereocenters. The predicted molar refractivity (Wildman–Crippen MR) is 49.5 cm³/mol. The van der Waals surface area contributed by atoms with Crippen LogP contribution in [-0.2, 0) is 7.05 Å². The molecule has 70 valence electrons. The van der Waals surface area contributed by atoms with E-state index in [1.807, 2.05) is 0 Å². The molecule has 0 spiro atoms. The van der Waals surface area contributed by atoms with Crippen LogP contribution in [0.5, 0.6) is 0 Å². The molecule has 0 bridgehead atoms. The van der Waals surface area contributed by atoms with E-state index in [9.17, 15) is 9.59 Å². The lowest BCUT2D eigenvalue weighted by atomic mass is 10.2. The van der Waals surface area contributed by atoms with Crippen LogP contribution in [0.3, 0.4) is 0 Å². The van der Waals surface area contributed by atoms with Crippen molar-refractivity contribution in [2.45, 2.75) is 0 Å². The van der Waals surface area contributed by atoms with Gasteiger partial charge in [0.25, 0.3) is 11.5 Å². The van der Waals surface area contributed by atoms with E-state index in [2.05, 4.69) is 5.32 Å². The summed E-state index contributed by atoms with van der Waals surface area (Å²) in [5.74, 6) is -0.125. The quantitative estimate of drug-likeness (QED) is 0.603. The lowest BCUT2D eigenvalue weighted by Crippen LogP contribution is -2.26. The molecule has 0 saturated heterocycles. The van der Waals surface area contributed by atoms with Crippen LogP contribution in [0.25, 0.3) is 0 Å². The summed E-state index contributed by atoms with van der Waals surface area (Å²) in [5.41, 5.74) is 5.64. The van der Waals surface area contributed by atoms with Gasteiger partial charge in [-0.25, -0.2) is 0 Å². The van der Waals surface area contributed by atoms with Crippen molar-refractivity contribution in [1.82, 2.24) is 9.88 Å². The number of nitrogens with two attached hydrogens (primary N) is 1. The third kappa shape index (κ3) is 1.53. The average Bonchev–Trinajstić information content (AvgIpc) is 2.13. The van der Waals surface area contributed by atoms with Gasteiger partial charge >= 0.3 is 0 Å². The SMILES string of the molecule is CNC(=O)c1ccc(=O)n(C)c1N. The molecule has 1 aromatic rings. The number of nitrogens with zero attached hydrogens (tertiary/aromatic N) is 1. The maximum Gasteiger partial charge on any atom is 0.254 e. The molecule has 0 aliphatic carbocycles. The summed E-state index contributed by atoms with van der Waals surface area (Å²) in [7, 11) is 3.02. The van der Waals surface area contributed by atoms with E-state index in [1.165, 1.54) is 30.8 Å². The molecule has 1 aromatic heterocycles. The summed E-state index contributed by atoms with van der Waals surface area (Å²) in [6, 6.07) is 2.72. The number of hydrogen-bond acceptors (Lipinski definition) is 3. The minimum atomic E-state index is -0.298. The Morgan fingerprint density at radius 3 is 2.69 bits per heavy atom. The molecule has 1 heterocycles. The Morgan fingerprint density at radius 1 is 1.54 bits per heavy atom. The molecule has 3 N–H and O–H groups in total. The van der Waals surface area contributed by atoms with Crippen molar-refractivity contribution >= 4 is 11.7 Å². The standard InChI is InChI=1S/C8H11N3O2/c1-10-8(13)5-3-4-6(12)11(2)7(5)9/h3-4H,9H2,1-2H3,(H,10,13). The number of pyridine rings is 1. The van der Waals surface area contributed by atoms with Gasteiger partial charge < -0.3 is 11.1 Å². The van der Waals surface area contributed by atoms with Crippen LogP contribution >= 0.6 is 0 Å². The van der Waals surface area contributed by atoms with Gasteiger partial charge in [0.15, 0.2) is 0 Å². The molecule has 0 saturated carbocycles. The van der Waals surface area contributed by atoms with Crippen molar-refractivity contribution in [2.75, 3.05) is 12.8 Å². The fraction of sp³-hybridized carbons (Fsp3) is 0.250. The smallest absolute Gasteiger partial charge is 0.254 e. The summed E-state index contributed by atoms with van der Waals surface area (Å²) >= 11 is 0. The van der Waals surface area contributed by atoms with Gasteiger partial charge in [0.05, 0.1) is 5.56 Å². The molecule has 0 aromatic carbocycles. The van der Waals surface area contributed by atoms with Gasteiger partial charge in [-0.2, -0.15) is 0 Å². The van der Waals surface area contributed by atoms with Crippen molar-refractivity contribution in [1.29, 1.82) is 0 Å². The Kier molecular flexibility index (Phi) is 2.36. The van der Waals surface area contributed by atoms with E-state index >= 15 is 0 Å². The van der Waals surface area contributed by atoms with E-state index in [1.54, 1.807) is 0 Å². The molecule has 5 nitrogen and oxygen atoms in total. The highest BCUT2D eigenvalue weighted by Crippen LogP contribution is 2.06. The first-order chi connectivity index (χ1) is 6.07. The fourth-order valence-electron chi connectivity index (χ4n) is 0.978.